The van der Waals surface area contributed by atoms with E-state index in [1.807, 2.05) is 30.5 Å². The molecular weight excluding hydrogens is 574 g/mol. The van der Waals surface area contributed by atoms with Gasteiger partial charge in [0.15, 0.2) is 5.69 Å². The molecule has 45 heavy (non-hydrogen) atoms. The zero-order valence-electron chi connectivity index (χ0n) is 24.9. The average Bonchev–Trinajstić information content (AvgIpc) is 3.78. The number of hydrogen-bond acceptors (Lipinski definition) is 7. The van der Waals surface area contributed by atoms with E-state index in [1.165, 1.54) is 4.90 Å². The maximum absolute atomic E-state index is 13.5. The molecule has 1 atom stereocenters. The number of H-pyrrole nitrogens is 2. The van der Waals surface area contributed by atoms with E-state index in [9.17, 15) is 19.2 Å². The van der Waals surface area contributed by atoms with Crippen LogP contribution in [0.1, 0.15) is 57.1 Å². The Morgan fingerprint density at radius 1 is 0.911 bits per heavy atom. The molecule has 1 aliphatic carbocycles. The van der Waals surface area contributed by atoms with Crippen LogP contribution >= 0.6 is 0 Å². The maximum atomic E-state index is 13.5. The predicted molar refractivity (Wildman–Crippen MR) is 168 cm³/mol. The number of nitrogens with zero attached hydrogens (tertiary/aromatic N) is 3. The number of aromatic amines is 2. The molecule has 4 amide bonds. The first kappa shape index (κ1) is 29.9. The van der Waals surface area contributed by atoms with Crippen LogP contribution in [0.4, 0.5) is 5.82 Å². The molecule has 0 saturated carbocycles. The van der Waals surface area contributed by atoms with E-state index >= 15 is 0 Å². The van der Waals surface area contributed by atoms with E-state index < -0.39 is 11.9 Å². The Morgan fingerprint density at radius 2 is 1.78 bits per heavy atom. The van der Waals surface area contributed by atoms with Gasteiger partial charge in [-0.2, -0.15) is 5.10 Å². The zero-order valence-corrected chi connectivity index (χ0v) is 24.9. The summed E-state index contributed by atoms with van der Waals surface area (Å²) < 4.78 is 0. The van der Waals surface area contributed by atoms with Crippen LogP contribution in [0.2, 0.25) is 0 Å². The third-order valence-corrected chi connectivity index (χ3v) is 8.24. The molecule has 6 N–H and O–H groups in total. The van der Waals surface area contributed by atoms with Gasteiger partial charge in [0.25, 0.3) is 11.8 Å². The predicted octanol–water partition coefficient (Wildman–Crippen LogP) is 1.70. The molecule has 6 rings (SSSR count). The lowest BCUT2D eigenvalue weighted by atomic mass is 10.0. The Labute approximate surface area is 259 Å². The highest BCUT2D eigenvalue weighted by atomic mass is 16.2. The molecule has 4 heterocycles. The Kier molecular flexibility index (Phi) is 9.04. The van der Waals surface area contributed by atoms with Crippen LogP contribution in [0, 0.1) is 0 Å². The molecular formula is C32H37N9O4. The number of rotatable bonds is 3. The smallest absolute Gasteiger partial charge is 0.275 e. The van der Waals surface area contributed by atoms with Gasteiger partial charge >= 0.3 is 0 Å². The minimum atomic E-state index is -0.848. The Hall–Kier alpha value is -5.20. The Balaban J connectivity index is 1.19. The van der Waals surface area contributed by atoms with Crippen molar-refractivity contribution in [3.05, 3.63) is 76.9 Å². The van der Waals surface area contributed by atoms with E-state index in [-0.39, 0.29) is 36.4 Å². The quantitative estimate of drug-likeness (QED) is 0.204. The number of carbonyl (C=O) groups is 4. The number of para-hydroxylation sites is 1. The molecule has 1 aliphatic heterocycles. The fourth-order valence-electron chi connectivity index (χ4n) is 5.90. The summed E-state index contributed by atoms with van der Waals surface area (Å²) in [5, 5.41) is 20.0. The highest BCUT2D eigenvalue weighted by Crippen LogP contribution is 2.24. The fourth-order valence-corrected chi connectivity index (χ4v) is 5.90. The van der Waals surface area contributed by atoms with Crippen LogP contribution in [0.3, 0.4) is 0 Å². The Morgan fingerprint density at radius 3 is 2.69 bits per heavy atom. The first-order valence-electron chi connectivity index (χ1n) is 15.4. The van der Waals surface area contributed by atoms with Crippen LogP contribution in [-0.2, 0) is 28.9 Å². The highest BCUT2D eigenvalue weighted by molar-refractivity contribution is 5.97. The number of anilines is 1. The highest BCUT2D eigenvalue weighted by Gasteiger charge is 2.28. The van der Waals surface area contributed by atoms with Gasteiger partial charge < -0.3 is 31.2 Å². The zero-order chi connectivity index (χ0) is 31.2. The molecule has 234 valence electrons. The summed E-state index contributed by atoms with van der Waals surface area (Å²) in [6, 6.07) is 12.0. The molecule has 13 nitrogen and oxygen atoms in total. The van der Waals surface area contributed by atoms with Crippen LogP contribution in [-0.4, -0.2) is 87.5 Å². The number of aryl methyl sites for hydroxylation is 1. The summed E-state index contributed by atoms with van der Waals surface area (Å²) in [6.45, 7) is 1.21. The van der Waals surface area contributed by atoms with Gasteiger partial charge in [0.05, 0.1) is 6.54 Å². The van der Waals surface area contributed by atoms with Gasteiger partial charge in [-0.15, -0.1) is 0 Å². The summed E-state index contributed by atoms with van der Waals surface area (Å²) in [4.78, 5) is 62.3. The third kappa shape index (κ3) is 6.97. The molecule has 0 radical (unpaired) electrons. The number of aromatic nitrogens is 4. The Bertz CT molecular complexity index is 1710. The second-order valence-electron chi connectivity index (χ2n) is 11.4. The monoisotopic (exact) mass is 611 g/mol. The number of fused-ring (bicyclic) bond motifs is 4. The van der Waals surface area contributed by atoms with Gasteiger partial charge in [0.1, 0.15) is 17.6 Å². The van der Waals surface area contributed by atoms with Crippen LogP contribution in [0.15, 0.2) is 48.7 Å². The van der Waals surface area contributed by atoms with E-state index in [4.69, 9.17) is 0 Å². The summed E-state index contributed by atoms with van der Waals surface area (Å²) in [5.41, 5.74) is 4.32. The minimum absolute atomic E-state index is 0.105. The summed E-state index contributed by atoms with van der Waals surface area (Å²) in [6.07, 6.45) is 5.88. The number of carbonyl (C=O) groups excluding carboxylic acids is 4. The number of nitrogens with one attached hydrogen (secondary N) is 6. The van der Waals surface area contributed by atoms with E-state index in [1.54, 1.807) is 18.2 Å². The summed E-state index contributed by atoms with van der Waals surface area (Å²) in [7, 11) is 0. The van der Waals surface area contributed by atoms with Crippen LogP contribution in [0.25, 0.3) is 10.9 Å². The van der Waals surface area contributed by atoms with Crippen molar-refractivity contribution in [1.29, 1.82) is 0 Å². The van der Waals surface area contributed by atoms with E-state index in [0.717, 1.165) is 47.0 Å². The van der Waals surface area contributed by atoms with Gasteiger partial charge in [-0.1, -0.05) is 24.3 Å². The SMILES string of the molecule is O=C1CN(C(=O)c2n[nH]c3c2CCC3)CCCCNC(=O)[C@H](Cc2c[nH]c3ccccc23)NC(=O)c2cccc(n2)NCCN1. The topological polar surface area (TPSA) is 177 Å². The average molecular weight is 612 g/mol. The van der Waals surface area contributed by atoms with Crippen molar-refractivity contribution in [2.75, 3.05) is 38.0 Å². The van der Waals surface area contributed by atoms with E-state index in [0.29, 0.717) is 50.5 Å². The molecule has 0 fully saturated rings. The lowest BCUT2D eigenvalue weighted by molar-refractivity contribution is -0.123. The normalized spacial score (nSPS) is 18.5. The van der Waals surface area contributed by atoms with Gasteiger partial charge in [-0.05, 0) is 55.9 Å². The number of pyridine rings is 1. The van der Waals surface area contributed by atoms with Crippen molar-refractivity contribution in [2.45, 2.75) is 44.6 Å². The molecule has 2 aliphatic rings. The van der Waals surface area contributed by atoms with Crippen LogP contribution < -0.4 is 21.3 Å². The van der Waals surface area contributed by atoms with Crippen molar-refractivity contribution >= 4 is 40.3 Å². The van der Waals surface area contributed by atoms with Crippen molar-refractivity contribution in [3.63, 3.8) is 0 Å². The molecule has 0 unspecified atom stereocenters. The van der Waals surface area contributed by atoms with Crippen molar-refractivity contribution in [3.8, 4) is 0 Å². The van der Waals surface area contributed by atoms with Crippen LogP contribution in [0.5, 0.6) is 0 Å². The number of amides is 4. The lowest BCUT2D eigenvalue weighted by Crippen LogP contribution is -2.48. The van der Waals surface area contributed by atoms with Gasteiger partial charge in [-0.25, -0.2) is 4.98 Å². The fraction of sp³-hybridized carbons (Fsp3) is 0.375. The van der Waals surface area contributed by atoms with Crippen molar-refractivity contribution in [1.82, 2.24) is 41.0 Å². The second kappa shape index (κ2) is 13.6. The molecule has 4 aromatic rings. The van der Waals surface area contributed by atoms with Crippen molar-refractivity contribution < 1.29 is 19.2 Å². The number of hydrogen-bond donors (Lipinski definition) is 6. The largest absolute Gasteiger partial charge is 0.368 e. The summed E-state index contributed by atoms with van der Waals surface area (Å²) in [5.74, 6) is -0.898. The molecule has 1 aromatic carbocycles. The third-order valence-electron chi connectivity index (χ3n) is 8.24. The van der Waals surface area contributed by atoms with Gasteiger partial charge in [0.2, 0.25) is 11.8 Å². The van der Waals surface area contributed by atoms with Crippen molar-refractivity contribution in [2.24, 2.45) is 0 Å². The van der Waals surface area contributed by atoms with E-state index in [2.05, 4.69) is 41.4 Å². The van der Waals surface area contributed by atoms with Gasteiger partial charge in [0, 0.05) is 61.0 Å². The molecule has 0 saturated heterocycles. The molecule has 0 spiro atoms. The minimum Gasteiger partial charge on any atom is -0.368 e. The molecule has 13 heteroatoms. The van der Waals surface area contributed by atoms with Gasteiger partial charge in [-0.3, -0.25) is 24.3 Å². The summed E-state index contributed by atoms with van der Waals surface area (Å²) >= 11 is 0. The first-order valence-corrected chi connectivity index (χ1v) is 15.4. The molecule has 3 aromatic heterocycles. The molecule has 2 bridgehead atoms. The maximum Gasteiger partial charge on any atom is 0.275 e. The first-order chi connectivity index (χ1) is 22.0. The standard InChI is InChI=1S/C32H37N9O4/c42-28-19-41(32(45)29-22-8-5-10-24(22)39-40-29)16-4-3-13-35-30(43)26(17-20-18-36-23-9-2-1-7-21(20)23)38-31(44)25-11-6-12-27(37-25)33-14-15-34-28/h1-2,6-7,9,11-12,18,26,36H,3-5,8,10,13-17,19H2,(H,33,37)(H,34,42)(H,35,43)(H,38,44)(H,39,40)/t26-/m0/s1. The number of benzene rings is 1. The second-order valence-corrected chi connectivity index (χ2v) is 11.4. The lowest BCUT2D eigenvalue weighted by Gasteiger charge is -2.22.